The molecule has 5 aliphatic rings. The van der Waals surface area contributed by atoms with E-state index in [0.717, 1.165) is 25.2 Å². The molecule has 5 heteroatoms. The second kappa shape index (κ2) is 7.32. The van der Waals surface area contributed by atoms with Crippen molar-refractivity contribution in [3.8, 4) is 0 Å². The predicted octanol–water partition coefficient (Wildman–Crippen LogP) is 4.81. The standard InChI is InChI=1S/C27H40O5/c1-15(28)31-19-14-18-16(23(30)24-17(19)13-22(29)32-24)7-8-21-26(18,4)12-9-20-25(2,3)10-6-11-27(20,21)5/h13,16,18-21,23-24,30H,6-12,14H2,1-5H3/t16-,18+,19+,20?,21-,23+,24-,26-,27-/m0/s1. The number of aliphatic hydroxyl groups is 1. The van der Waals surface area contributed by atoms with Crippen molar-refractivity contribution in [1.82, 2.24) is 0 Å². The lowest BCUT2D eigenvalue weighted by Gasteiger charge is -2.67. The number of carbonyl (C=O) groups is 2. The monoisotopic (exact) mass is 444 g/mol. The molecule has 0 spiro atoms. The van der Waals surface area contributed by atoms with E-state index in [1.54, 1.807) is 0 Å². The summed E-state index contributed by atoms with van der Waals surface area (Å²) in [6, 6.07) is 0. The van der Waals surface area contributed by atoms with E-state index < -0.39 is 24.3 Å². The molecule has 1 aliphatic heterocycles. The van der Waals surface area contributed by atoms with Gasteiger partial charge in [-0.05, 0) is 84.9 Å². The van der Waals surface area contributed by atoms with E-state index in [1.165, 1.54) is 38.7 Å². The molecule has 0 aromatic rings. The third kappa shape index (κ3) is 3.13. The van der Waals surface area contributed by atoms with Crippen LogP contribution in [0.4, 0.5) is 0 Å². The van der Waals surface area contributed by atoms with Gasteiger partial charge in [0.2, 0.25) is 0 Å². The third-order valence-corrected chi connectivity index (χ3v) is 10.7. The number of fused-ring (bicyclic) bond motifs is 6. The van der Waals surface area contributed by atoms with E-state index in [4.69, 9.17) is 9.47 Å². The van der Waals surface area contributed by atoms with E-state index in [1.807, 2.05) is 0 Å². The smallest absolute Gasteiger partial charge is 0.331 e. The minimum Gasteiger partial charge on any atom is -0.458 e. The molecule has 4 saturated carbocycles. The number of esters is 2. The van der Waals surface area contributed by atoms with Crippen molar-refractivity contribution in [1.29, 1.82) is 0 Å². The van der Waals surface area contributed by atoms with Gasteiger partial charge < -0.3 is 14.6 Å². The van der Waals surface area contributed by atoms with E-state index in [2.05, 4.69) is 27.7 Å². The Kier molecular flexibility index (Phi) is 5.13. The molecule has 0 amide bonds. The molecule has 178 valence electrons. The number of ether oxygens (including phenoxy) is 2. The predicted molar refractivity (Wildman–Crippen MR) is 120 cm³/mol. The molecule has 4 aliphatic carbocycles. The van der Waals surface area contributed by atoms with Gasteiger partial charge in [-0.25, -0.2) is 4.79 Å². The van der Waals surface area contributed by atoms with Crippen LogP contribution in [0.2, 0.25) is 0 Å². The van der Waals surface area contributed by atoms with Crippen molar-refractivity contribution in [2.45, 2.75) is 104 Å². The van der Waals surface area contributed by atoms with Crippen LogP contribution in [-0.2, 0) is 19.1 Å². The lowest BCUT2D eigenvalue weighted by Crippen LogP contribution is -2.60. The molecular weight excluding hydrogens is 404 g/mol. The van der Waals surface area contributed by atoms with Crippen LogP contribution < -0.4 is 0 Å². The van der Waals surface area contributed by atoms with Crippen molar-refractivity contribution in [2.24, 2.45) is 39.9 Å². The van der Waals surface area contributed by atoms with Crippen LogP contribution in [0, 0.1) is 39.9 Å². The average molecular weight is 445 g/mol. The highest BCUT2D eigenvalue weighted by Crippen LogP contribution is 2.70. The van der Waals surface area contributed by atoms with Crippen molar-refractivity contribution < 1.29 is 24.2 Å². The summed E-state index contributed by atoms with van der Waals surface area (Å²) in [5, 5.41) is 11.5. The van der Waals surface area contributed by atoms with Gasteiger partial charge in [-0.2, -0.15) is 0 Å². The maximum atomic E-state index is 12.1. The zero-order chi connectivity index (χ0) is 23.1. The van der Waals surface area contributed by atoms with Crippen LogP contribution in [0.5, 0.6) is 0 Å². The van der Waals surface area contributed by atoms with Crippen molar-refractivity contribution in [3.63, 3.8) is 0 Å². The minimum absolute atomic E-state index is 0.0628. The van der Waals surface area contributed by atoms with E-state index in [0.29, 0.717) is 28.7 Å². The zero-order valence-electron chi connectivity index (χ0n) is 20.4. The second-order valence-electron chi connectivity index (χ2n) is 12.7. The minimum atomic E-state index is -0.732. The van der Waals surface area contributed by atoms with Gasteiger partial charge in [-0.15, -0.1) is 0 Å². The first kappa shape index (κ1) is 22.4. The first-order valence-corrected chi connectivity index (χ1v) is 12.7. The molecule has 4 fully saturated rings. The fourth-order valence-electron chi connectivity index (χ4n) is 9.59. The SMILES string of the molecule is CC(=O)O[C@@H]1C[C@@H]2[C@H](CC[C@H]3[C@@]2(C)CCC2C(C)(C)CCC[C@@]23C)[C@@H](O)[C@H]2OC(=O)C=C12. The summed E-state index contributed by atoms with van der Waals surface area (Å²) >= 11 is 0. The number of rotatable bonds is 1. The first-order valence-electron chi connectivity index (χ1n) is 12.7. The summed E-state index contributed by atoms with van der Waals surface area (Å²) < 4.78 is 11.3. The fourth-order valence-corrected chi connectivity index (χ4v) is 9.59. The van der Waals surface area contributed by atoms with Crippen LogP contribution in [0.3, 0.4) is 0 Å². The van der Waals surface area contributed by atoms with Crippen LogP contribution >= 0.6 is 0 Å². The Labute approximate surface area is 192 Å². The van der Waals surface area contributed by atoms with Gasteiger partial charge in [0.05, 0.1) is 6.10 Å². The van der Waals surface area contributed by atoms with Crippen molar-refractivity contribution in [2.75, 3.05) is 0 Å². The van der Waals surface area contributed by atoms with E-state index in [-0.39, 0.29) is 23.2 Å². The van der Waals surface area contributed by atoms with Crippen LogP contribution in [-0.4, -0.2) is 35.4 Å². The Morgan fingerprint density at radius 3 is 2.53 bits per heavy atom. The van der Waals surface area contributed by atoms with Crippen molar-refractivity contribution >= 4 is 11.9 Å². The molecule has 0 aromatic carbocycles. The quantitative estimate of drug-likeness (QED) is 0.588. The molecule has 5 rings (SSSR count). The Bertz CT molecular complexity index is 845. The number of aliphatic hydroxyl groups excluding tert-OH is 1. The van der Waals surface area contributed by atoms with E-state index in [9.17, 15) is 14.7 Å². The molecule has 1 unspecified atom stereocenters. The largest absolute Gasteiger partial charge is 0.458 e. The Morgan fingerprint density at radius 2 is 1.81 bits per heavy atom. The number of carbonyl (C=O) groups excluding carboxylic acids is 2. The molecular formula is C27H40O5. The lowest BCUT2D eigenvalue weighted by atomic mass is 9.38. The summed E-state index contributed by atoms with van der Waals surface area (Å²) in [6.45, 7) is 11.4. The van der Waals surface area contributed by atoms with Crippen LogP contribution in [0.15, 0.2) is 11.6 Å². The van der Waals surface area contributed by atoms with Gasteiger partial charge in [0.1, 0.15) is 6.10 Å². The molecule has 0 radical (unpaired) electrons. The summed E-state index contributed by atoms with van der Waals surface area (Å²) in [4.78, 5) is 24.0. The highest BCUT2D eigenvalue weighted by Gasteiger charge is 2.64. The molecule has 5 nitrogen and oxygen atoms in total. The Balaban J connectivity index is 1.54. The third-order valence-electron chi connectivity index (χ3n) is 10.7. The van der Waals surface area contributed by atoms with Crippen LogP contribution in [0.1, 0.15) is 86.0 Å². The molecule has 9 atom stereocenters. The second-order valence-corrected chi connectivity index (χ2v) is 12.7. The number of hydrogen-bond donors (Lipinski definition) is 1. The molecule has 1 heterocycles. The highest BCUT2D eigenvalue weighted by atomic mass is 16.6. The van der Waals surface area contributed by atoms with Gasteiger partial charge >= 0.3 is 11.9 Å². The zero-order valence-corrected chi connectivity index (χ0v) is 20.4. The van der Waals surface area contributed by atoms with Crippen molar-refractivity contribution in [3.05, 3.63) is 11.6 Å². The molecule has 32 heavy (non-hydrogen) atoms. The summed E-state index contributed by atoms with van der Waals surface area (Å²) in [5.41, 5.74) is 1.44. The van der Waals surface area contributed by atoms with Gasteiger partial charge in [0, 0.05) is 18.6 Å². The van der Waals surface area contributed by atoms with Gasteiger partial charge in [-0.3, -0.25) is 4.79 Å². The molecule has 1 N–H and O–H groups in total. The van der Waals surface area contributed by atoms with Gasteiger partial charge in [0.25, 0.3) is 0 Å². The fraction of sp³-hybridized carbons (Fsp3) is 0.852. The molecule has 0 bridgehead atoms. The first-order chi connectivity index (χ1) is 15.0. The Morgan fingerprint density at radius 1 is 1.06 bits per heavy atom. The average Bonchev–Trinajstić information content (AvgIpc) is 3.03. The maximum Gasteiger partial charge on any atom is 0.331 e. The summed E-state index contributed by atoms with van der Waals surface area (Å²) in [6.07, 6.45) is 8.60. The maximum absolute atomic E-state index is 12.1. The molecule has 0 saturated heterocycles. The number of hydrogen-bond acceptors (Lipinski definition) is 5. The molecule has 0 aromatic heterocycles. The summed E-state index contributed by atoms with van der Waals surface area (Å²) in [5.74, 6) is 0.873. The van der Waals surface area contributed by atoms with Crippen LogP contribution in [0.25, 0.3) is 0 Å². The summed E-state index contributed by atoms with van der Waals surface area (Å²) in [7, 11) is 0. The highest BCUT2D eigenvalue weighted by molar-refractivity contribution is 5.86. The normalized spacial score (nSPS) is 49.4. The Hall–Kier alpha value is -1.36. The van der Waals surface area contributed by atoms with Gasteiger partial charge in [0.15, 0.2) is 6.10 Å². The van der Waals surface area contributed by atoms with Gasteiger partial charge in [-0.1, -0.05) is 34.1 Å². The van der Waals surface area contributed by atoms with E-state index >= 15 is 0 Å². The topological polar surface area (TPSA) is 72.8 Å². The lowest BCUT2D eigenvalue weighted by molar-refractivity contribution is -0.191.